The summed E-state index contributed by atoms with van der Waals surface area (Å²) < 4.78 is 2.05. The van der Waals surface area contributed by atoms with Crippen LogP contribution in [0, 0.1) is 5.92 Å². The van der Waals surface area contributed by atoms with E-state index in [1.165, 1.54) is 37.8 Å². The van der Waals surface area contributed by atoms with Gasteiger partial charge in [0.05, 0.1) is 5.69 Å². The Bertz CT molecular complexity index is 335. The summed E-state index contributed by atoms with van der Waals surface area (Å²) in [5, 5.41) is 12.0. The first-order chi connectivity index (χ1) is 7.92. The predicted molar refractivity (Wildman–Crippen MR) is 62.2 cm³/mol. The second-order valence-corrected chi connectivity index (χ2v) is 5.21. The van der Waals surface area contributed by atoms with Crippen molar-refractivity contribution < 1.29 is 0 Å². The summed E-state index contributed by atoms with van der Waals surface area (Å²) >= 11 is 0. The Morgan fingerprint density at radius 2 is 2.19 bits per heavy atom. The summed E-state index contributed by atoms with van der Waals surface area (Å²) in [6.07, 6.45) is 8.80. The molecule has 1 aliphatic carbocycles. The normalized spacial score (nSPS) is 26.6. The minimum Gasteiger partial charge on any atom is -0.316 e. The van der Waals surface area contributed by atoms with Crippen molar-refractivity contribution in [3.63, 3.8) is 0 Å². The predicted octanol–water partition coefficient (Wildman–Crippen LogP) is 1.55. The zero-order chi connectivity index (χ0) is 10.8. The van der Waals surface area contributed by atoms with Crippen molar-refractivity contribution in [3.8, 4) is 0 Å². The van der Waals surface area contributed by atoms with Crippen molar-refractivity contribution in [1.82, 2.24) is 20.3 Å². The van der Waals surface area contributed by atoms with Gasteiger partial charge in [0.1, 0.15) is 0 Å². The molecule has 1 N–H and O–H groups in total. The third kappa shape index (κ3) is 2.12. The van der Waals surface area contributed by atoms with Crippen molar-refractivity contribution in [1.29, 1.82) is 0 Å². The fourth-order valence-electron chi connectivity index (χ4n) is 2.95. The third-order valence-electron chi connectivity index (χ3n) is 3.94. The second kappa shape index (κ2) is 4.53. The Morgan fingerprint density at radius 1 is 1.31 bits per heavy atom. The molecule has 1 aromatic heterocycles. The molecule has 0 bridgehead atoms. The smallest absolute Gasteiger partial charge is 0.0857 e. The highest BCUT2D eigenvalue weighted by atomic mass is 15.4. The molecule has 2 heterocycles. The fourth-order valence-corrected chi connectivity index (χ4v) is 2.95. The molecule has 88 valence electrons. The molecule has 4 nitrogen and oxygen atoms in total. The zero-order valence-electron chi connectivity index (χ0n) is 9.73. The van der Waals surface area contributed by atoms with Crippen LogP contribution in [-0.2, 0) is 6.54 Å². The Kier molecular flexibility index (Phi) is 2.91. The van der Waals surface area contributed by atoms with Gasteiger partial charge in [0, 0.05) is 18.7 Å². The highest BCUT2D eigenvalue weighted by Gasteiger charge is 2.21. The molecule has 0 spiro atoms. The number of rotatable bonds is 3. The van der Waals surface area contributed by atoms with Crippen LogP contribution >= 0.6 is 0 Å². The minimum absolute atomic E-state index is 0.690. The Morgan fingerprint density at radius 3 is 2.94 bits per heavy atom. The van der Waals surface area contributed by atoms with Gasteiger partial charge >= 0.3 is 0 Å². The summed E-state index contributed by atoms with van der Waals surface area (Å²) in [4.78, 5) is 0. The molecule has 1 aliphatic heterocycles. The van der Waals surface area contributed by atoms with E-state index in [1.54, 1.807) is 0 Å². The summed E-state index contributed by atoms with van der Waals surface area (Å²) in [5.41, 5.74) is 1.23. The van der Waals surface area contributed by atoms with E-state index in [-0.39, 0.29) is 0 Å². The van der Waals surface area contributed by atoms with Crippen LogP contribution in [0.25, 0.3) is 0 Å². The molecule has 1 saturated heterocycles. The Balaban J connectivity index is 1.62. The molecule has 16 heavy (non-hydrogen) atoms. The standard InChI is InChI=1S/C12H20N4/c1-2-4-11(3-1)12-9-16(15-14-12)8-10-5-6-13-7-10/h9-11,13H,1-8H2. The highest BCUT2D eigenvalue weighted by Crippen LogP contribution is 2.32. The van der Waals surface area contributed by atoms with Crippen LogP contribution in [-0.4, -0.2) is 28.1 Å². The van der Waals surface area contributed by atoms with E-state index in [1.807, 2.05) is 4.68 Å². The first-order valence-electron chi connectivity index (χ1n) is 6.52. The largest absolute Gasteiger partial charge is 0.316 e. The van der Waals surface area contributed by atoms with Gasteiger partial charge in [0.25, 0.3) is 0 Å². The lowest BCUT2D eigenvalue weighted by Crippen LogP contribution is -2.14. The van der Waals surface area contributed by atoms with E-state index < -0.39 is 0 Å². The number of aromatic nitrogens is 3. The van der Waals surface area contributed by atoms with E-state index in [9.17, 15) is 0 Å². The average molecular weight is 220 g/mol. The number of hydrogen-bond donors (Lipinski definition) is 1. The van der Waals surface area contributed by atoms with Gasteiger partial charge in [0.15, 0.2) is 0 Å². The van der Waals surface area contributed by atoms with E-state index >= 15 is 0 Å². The minimum atomic E-state index is 0.690. The summed E-state index contributed by atoms with van der Waals surface area (Å²) in [6, 6.07) is 0. The van der Waals surface area contributed by atoms with E-state index in [0.717, 1.165) is 25.6 Å². The maximum Gasteiger partial charge on any atom is 0.0857 e. The average Bonchev–Trinajstić information content (AvgIpc) is 2.99. The quantitative estimate of drug-likeness (QED) is 0.840. The molecule has 1 aromatic rings. The molecule has 1 atom stereocenters. The first kappa shape index (κ1) is 10.3. The topological polar surface area (TPSA) is 42.7 Å². The van der Waals surface area contributed by atoms with Crippen LogP contribution in [0.5, 0.6) is 0 Å². The van der Waals surface area contributed by atoms with Crippen LogP contribution < -0.4 is 5.32 Å². The maximum atomic E-state index is 4.33. The molecule has 2 aliphatic rings. The Hall–Kier alpha value is -0.900. The number of nitrogens with one attached hydrogen (secondary N) is 1. The lowest BCUT2D eigenvalue weighted by Gasteiger charge is -2.06. The lowest BCUT2D eigenvalue weighted by molar-refractivity contribution is 0.441. The molecular formula is C12H20N4. The van der Waals surface area contributed by atoms with Crippen molar-refractivity contribution in [2.45, 2.75) is 44.6 Å². The second-order valence-electron chi connectivity index (χ2n) is 5.21. The van der Waals surface area contributed by atoms with Gasteiger partial charge < -0.3 is 5.32 Å². The third-order valence-corrected chi connectivity index (χ3v) is 3.94. The van der Waals surface area contributed by atoms with E-state index in [4.69, 9.17) is 0 Å². The molecule has 1 unspecified atom stereocenters. The van der Waals surface area contributed by atoms with Gasteiger partial charge in [-0.15, -0.1) is 5.10 Å². The highest BCUT2D eigenvalue weighted by molar-refractivity contribution is 5.03. The van der Waals surface area contributed by atoms with Crippen LogP contribution in [0.15, 0.2) is 6.20 Å². The van der Waals surface area contributed by atoms with Crippen molar-refractivity contribution in [3.05, 3.63) is 11.9 Å². The van der Waals surface area contributed by atoms with Gasteiger partial charge in [-0.2, -0.15) is 0 Å². The van der Waals surface area contributed by atoms with Gasteiger partial charge in [-0.05, 0) is 38.3 Å². The molecular weight excluding hydrogens is 200 g/mol. The summed E-state index contributed by atoms with van der Waals surface area (Å²) in [7, 11) is 0. The first-order valence-corrected chi connectivity index (χ1v) is 6.52. The molecule has 0 aromatic carbocycles. The van der Waals surface area contributed by atoms with Gasteiger partial charge in [-0.3, -0.25) is 4.68 Å². The zero-order valence-corrected chi connectivity index (χ0v) is 9.73. The molecule has 1 saturated carbocycles. The lowest BCUT2D eigenvalue weighted by atomic mass is 10.1. The van der Waals surface area contributed by atoms with Crippen LogP contribution in [0.2, 0.25) is 0 Å². The van der Waals surface area contributed by atoms with Crippen LogP contribution in [0.3, 0.4) is 0 Å². The molecule has 3 rings (SSSR count). The monoisotopic (exact) mass is 220 g/mol. The fraction of sp³-hybridized carbons (Fsp3) is 0.833. The molecule has 0 amide bonds. The van der Waals surface area contributed by atoms with Crippen molar-refractivity contribution >= 4 is 0 Å². The van der Waals surface area contributed by atoms with Gasteiger partial charge in [-0.1, -0.05) is 18.1 Å². The van der Waals surface area contributed by atoms with Crippen molar-refractivity contribution in [2.24, 2.45) is 5.92 Å². The number of nitrogens with zero attached hydrogens (tertiary/aromatic N) is 3. The SMILES string of the molecule is c1c(C2CCCC2)nnn1CC1CCNC1. The van der Waals surface area contributed by atoms with Gasteiger partial charge in [0.2, 0.25) is 0 Å². The Labute approximate surface area is 96.4 Å². The summed E-state index contributed by atoms with van der Waals surface area (Å²) in [5.74, 6) is 1.44. The summed E-state index contributed by atoms with van der Waals surface area (Å²) in [6.45, 7) is 3.33. The van der Waals surface area contributed by atoms with Crippen LogP contribution in [0.4, 0.5) is 0 Å². The van der Waals surface area contributed by atoms with Crippen LogP contribution in [0.1, 0.15) is 43.7 Å². The number of hydrogen-bond acceptors (Lipinski definition) is 3. The molecule has 2 fully saturated rings. The molecule has 0 radical (unpaired) electrons. The van der Waals surface area contributed by atoms with E-state index in [0.29, 0.717) is 5.92 Å². The van der Waals surface area contributed by atoms with Crippen molar-refractivity contribution in [2.75, 3.05) is 13.1 Å². The molecule has 4 heteroatoms. The van der Waals surface area contributed by atoms with Gasteiger partial charge in [-0.25, -0.2) is 0 Å². The maximum absolute atomic E-state index is 4.33. The van der Waals surface area contributed by atoms with E-state index in [2.05, 4.69) is 21.8 Å².